The van der Waals surface area contributed by atoms with Crippen molar-refractivity contribution in [2.45, 2.75) is 26.7 Å². The van der Waals surface area contributed by atoms with Gasteiger partial charge in [0.05, 0.1) is 16.6 Å². The minimum Gasteiger partial charge on any atom is -0.334 e. The third kappa shape index (κ3) is 3.06. The Kier molecular flexibility index (Phi) is 4.57. The minimum absolute atomic E-state index is 0.0311. The third-order valence-electron chi connectivity index (χ3n) is 4.79. The van der Waals surface area contributed by atoms with Crippen LogP contribution in [0.2, 0.25) is 0 Å². The maximum absolute atomic E-state index is 12.7. The fourth-order valence-corrected chi connectivity index (χ4v) is 4.02. The smallest absolute Gasteiger partial charge is 0.280 e. The molecule has 1 amide bonds. The van der Waals surface area contributed by atoms with Gasteiger partial charge in [-0.1, -0.05) is 23.5 Å². The summed E-state index contributed by atoms with van der Waals surface area (Å²) in [5.41, 5.74) is 2.41. The molecule has 1 aliphatic rings. The van der Waals surface area contributed by atoms with Gasteiger partial charge in [-0.3, -0.25) is 9.59 Å². The normalized spacial score (nSPS) is 14.4. The zero-order valence-corrected chi connectivity index (χ0v) is 16.0. The lowest BCUT2D eigenvalue weighted by Gasteiger charge is -2.28. The topological polar surface area (TPSA) is 81.0 Å². The van der Waals surface area contributed by atoms with E-state index in [2.05, 4.69) is 19.1 Å². The van der Waals surface area contributed by atoms with Crippen LogP contribution in [0.5, 0.6) is 0 Å². The summed E-state index contributed by atoms with van der Waals surface area (Å²) in [7, 11) is 0. The fraction of sp³-hybridized carbons (Fsp3) is 0.316. The van der Waals surface area contributed by atoms with Gasteiger partial charge in [-0.15, -0.1) is 5.10 Å². The van der Waals surface area contributed by atoms with E-state index in [4.69, 9.17) is 0 Å². The Labute approximate surface area is 160 Å². The summed E-state index contributed by atoms with van der Waals surface area (Å²) in [4.78, 5) is 31.6. The number of aromatic nitrogens is 4. The number of para-hydroxylation sites is 1. The van der Waals surface area contributed by atoms with Crippen LogP contribution in [0.15, 0.2) is 35.1 Å². The Balaban J connectivity index is 1.71. The molecule has 0 saturated carbocycles. The second kappa shape index (κ2) is 7.03. The second-order valence-electron chi connectivity index (χ2n) is 6.42. The number of rotatable bonds is 3. The van der Waals surface area contributed by atoms with Crippen LogP contribution in [0.3, 0.4) is 0 Å². The first-order valence-corrected chi connectivity index (χ1v) is 9.65. The van der Waals surface area contributed by atoms with Crippen LogP contribution in [0.25, 0.3) is 16.6 Å². The van der Waals surface area contributed by atoms with E-state index in [1.165, 1.54) is 0 Å². The highest BCUT2D eigenvalue weighted by Crippen LogP contribution is 2.24. The van der Waals surface area contributed by atoms with Gasteiger partial charge in [0.15, 0.2) is 0 Å². The van der Waals surface area contributed by atoms with Crippen LogP contribution in [-0.4, -0.2) is 43.0 Å². The van der Waals surface area contributed by atoms with E-state index < -0.39 is 0 Å². The number of amides is 1. The summed E-state index contributed by atoms with van der Waals surface area (Å²) in [5, 5.41) is 4.54. The maximum atomic E-state index is 12.7. The molecule has 4 rings (SSSR count). The summed E-state index contributed by atoms with van der Waals surface area (Å²) < 4.78 is 5.92. The molecule has 0 fully saturated rings. The van der Waals surface area contributed by atoms with Crippen LogP contribution in [0, 0.1) is 6.92 Å². The van der Waals surface area contributed by atoms with E-state index in [1.807, 2.05) is 31.2 Å². The number of aryl methyl sites for hydroxylation is 2. The van der Waals surface area contributed by atoms with Crippen molar-refractivity contribution in [1.29, 1.82) is 0 Å². The van der Waals surface area contributed by atoms with Gasteiger partial charge in [-0.2, -0.15) is 4.98 Å². The van der Waals surface area contributed by atoms with Crippen molar-refractivity contribution in [1.82, 2.24) is 24.0 Å². The summed E-state index contributed by atoms with van der Waals surface area (Å²) >= 11 is 1.14. The SMILES string of the molecule is CCc1nc(=O)c2ccccc2n1C1=CCN(C(=O)c2snnc2C)CC1. The zero-order chi connectivity index (χ0) is 19.0. The van der Waals surface area contributed by atoms with Gasteiger partial charge in [0, 0.05) is 31.6 Å². The van der Waals surface area contributed by atoms with E-state index in [-0.39, 0.29) is 11.5 Å². The Bertz CT molecular complexity index is 1110. The molecule has 3 aromatic rings. The van der Waals surface area contributed by atoms with Crippen LogP contribution < -0.4 is 5.56 Å². The highest BCUT2D eigenvalue weighted by Gasteiger charge is 2.24. The van der Waals surface area contributed by atoms with Crippen molar-refractivity contribution in [3.05, 3.63) is 57.1 Å². The Morgan fingerprint density at radius 2 is 2.11 bits per heavy atom. The van der Waals surface area contributed by atoms with Gasteiger partial charge in [0.25, 0.3) is 11.5 Å². The molecule has 0 radical (unpaired) electrons. The van der Waals surface area contributed by atoms with E-state index >= 15 is 0 Å². The molecule has 0 atom stereocenters. The first-order chi connectivity index (χ1) is 13.1. The lowest BCUT2D eigenvalue weighted by molar-refractivity contribution is 0.0776. The first-order valence-electron chi connectivity index (χ1n) is 8.88. The van der Waals surface area contributed by atoms with Crippen molar-refractivity contribution in [3.8, 4) is 0 Å². The highest BCUT2D eigenvalue weighted by molar-refractivity contribution is 7.07. The number of hydrogen-bond acceptors (Lipinski definition) is 6. The molecule has 0 N–H and O–H groups in total. The summed E-state index contributed by atoms with van der Waals surface area (Å²) in [6.45, 7) is 4.90. The molecular weight excluding hydrogens is 362 g/mol. The van der Waals surface area contributed by atoms with Gasteiger partial charge >= 0.3 is 0 Å². The summed E-state index contributed by atoms with van der Waals surface area (Å²) in [5.74, 6) is 0.712. The highest BCUT2D eigenvalue weighted by atomic mass is 32.1. The van der Waals surface area contributed by atoms with Crippen molar-refractivity contribution in [2.24, 2.45) is 0 Å². The minimum atomic E-state index is -0.194. The molecule has 7 nitrogen and oxygen atoms in total. The number of nitrogens with zero attached hydrogens (tertiary/aromatic N) is 5. The van der Waals surface area contributed by atoms with Crippen molar-refractivity contribution < 1.29 is 4.79 Å². The number of carbonyl (C=O) groups excluding carboxylic acids is 1. The third-order valence-corrected chi connectivity index (χ3v) is 5.60. The number of fused-ring (bicyclic) bond motifs is 1. The Morgan fingerprint density at radius 3 is 2.78 bits per heavy atom. The molecule has 0 spiro atoms. The lowest BCUT2D eigenvalue weighted by Crippen LogP contribution is -2.35. The van der Waals surface area contributed by atoms with Crippen LogP contribution in [0.4, 0.5) is 0 Å². The standard InChI is InChI=1S/C19H19N5O2S/c1-3-16-20-18(25)14-6-4-5-7-15(14)24(16)13-8-10-23(11-9-13)19(26)17-12(2)21-22-27-17/h4-8H,3,9-11H2,1-2H3. The van der Waals surface area contributed by atoms with Crippen LogP contribution in [0.1, 0.15) is 34.5 Å². The number of hydrogen-bond donors (Lipinski definition) is 0. The molecular formula is C19H19N5O2S. The average Bonchev–Trinajstić information content (AvgIpc) is 3.13. The maximum Gasteiger partial charge on any atom is 0.280 e. The summed E-state index contributed by atoms with van der Waals surface area (Å²) in [6.07, 6.45) is 3.40. The van der Waals surface area contributed by atoms with Crippen molar-refractivity contribution in [3.63, 3.8) is 0 Å². The molecule has 8 heteroatoms. The molecule has 0 aliphatic carbocycles. The molecule has 3 heterocycles. The van der Waals surface area contributed by atoms with Crippen molar-refractivity contribution in [2.75, 3.05) is 13.1 Å². The van der Waals surface area contributed by atoms with Crippen LogP contribution >= 0.6 is 11.5 Å². The summed E-state index contributed by atoms with van der Waals surface area (Å²) in [6, 6.07) is 7.53. The first kappa shape index (κ1) is 17.5. The molecule has 138 valence electrons. The monoisotopic (exact) mass is 381 g/mol. The van der Waals surface area contributed by atoms with Gasteiger partial charge in [-0.05, 0) is 36.7 Å². The number of benzene rings is 1. The second-order valence-corrected chi connectivity index (χ2v) is 7.18. The van der Waals surface area contributed by atoms with Gasteiger partial charge in [0.2, 0.25) is 0 Å². The van der Waals surface area contributed by atoms with E-state index in [0.29, 0.717) is 41.9 Å². The molecule has 2 aromatic heterocycles. The number of carbonyl (C=O) groups is 1. The zero-order valence-electron chi connectivity index (χ0n) is 15.2. The average molecular weight is 381 g/mol. The molecule has 0 saturated heterocycles. The predicted octanol–water partition coefficient (Wildman–Crippen LogP) is 2.51. The molecule has 0 unspecified atom stereocenters. The van der Waals surface area contributed by atoms with Gasteiger partial charge < -0.3 is 9.47 Å². The van der Waals surface area contributed by atoms with Crippen molar-refractivity contribution >= 4 is 34.0 Å². The lowest BCUT2D eigenvalue weighted by atomic mass is 10.1. The fourth-order valence-electron chi connectivity index (χ4n) is 3.39. The molecule has 1 aliphatic heterocycles. The van der Waals surface area contributed by atoms with E-state index in [0.717, 1.165) is 28.6 Å². The largest absolute Gasteiger partial charge is 0.334 e. The molecule has 27 heavy (non-hydrogen) atoms. The quantitative estimate of drug-likeness (QED) is 0.696. The Morgan fingerprint density at radius 1 is 1.30 bits per heavy atom. The molecule has 0 bridgehead atoms. The van der Waals surface area contributed by atoms with Gasteiger partial charge in [-0.25, -0.2) is 0 Å². The van der Waals surface area contributed by atoms with E-state index in [1.54, 1.807) is 17.9 Å². The molecule has 1 aromatic carbocycles. The predicted molar refractivity (Wildman–Crippen MR) is 105 cm³/mol. The van der Waals surface area contributed by atoms with Crippen LogP contribution in [-0.2, 0) is 6.42 Å². The van der Waals surface area contributed by atoms with E-state index in [9.17, 15) is 9.59 Å². The Hall–Kier alpha value is -2.87. The van der Waals surface area contributed by atoms with Gasteiger partial charge in [0.1, 0.15) is 10.7 Å².